The number of ether oxygens (including phenoxy) is 1. The lowest BCUT2D eigenvalue weighted by Crippen LogP contribution is -2.56. The predicted octanol–water partition coefficient (Wildman–Crippen LogP) is 3.94. The van der Waals surface area contributed by atoms with Crippen molar-refractivity contribution in [2.24, 2.45) is 0 Å². The SMILES string of the molecule is CCc1nc2c(NC(C(C)O)N3CCN(c4cccc(C)c4C)CC3)ncnc2n1-c1ccc(OC)cc1. The van der Waals surface area contributed by atoms with Crippen molar-refractivity contribution in [1.29, 1.82) is 0 Å². The summed E-state index contributed by atoms with van der Waals surface area (Å²) in [6.07, 6.45) is 1.39. The molecule has 9 heteroatoms. The van der Waals surface area contributed by atoms with Crippen LogP contribution in [0.15, 0.2) is 48.8 Å². The molecule has 0 radical (unpaired) electrons. The smallest absolute Gasteiger partial charge is 0.170 e. The average molecular weight is 516 g/mol. The molecule has 3 heterocycles. The molecule has 0 bridgehead atoms. The Morgan fingerprint density at radius 3 is 2.42 bits per heavy atom. The average Bonchev–Trinajstić information content (AvgIpc) is 3.33. The summed E-state index contributed by atoms with van der Waals surface area (Å²) in [5.74, 6) is 2.31. The quantitative estimate of drug-likeness (QED) is 0.365. The zero-order valence-electron chi connectivity index (χ0n) is 22.8. The number of aliphatic hydroxyl groups excluding tert-OH is 1. The maximum Gasteiger partial charge on any atom is 0.170 e. The molecule has 5 rings (SSSR count). The standard InChI is InChI=1S/C29H37N7O2/c1-6-25-32-26-27(30-18-31-29(26)36(25)22-10-12-23(38-5)13-11-22)33-28(21(4)37)35-16-14-34(15-17-35)24-9-7-8-19(2)20(24)3/h7-13,18,21,28,37H,6,14-17H2,1-5H3,(H,30,31,33). The second-order valence-electron chi connectivity index (χ2n) is 9.88. The highest BCUT2D eigenvalue weighted by Gasteiger charge is 2.29. The number of imidazole rings is 1. The van der Waals surface area contributed by atoms with E-state index < -0.39 is 6.10 Å². The van der Waals surface area contributed by atoms with Crippen LogP contribution in [-0.4, -0.2) is 75.1 Å². The van der Waals surface area contributed by atoms with Crippen molar-refractivity contribution in [1.82, 2.24) is 24.4 Å². The molecule has 1 fully saturated rings. The third-order valence-corrected chi connectivity index (χ3v) is 7.53. The number of anilines is 2. The van der Waals surface area contributed by atoms with Crippen molar-refractivity contribution in [3.63, 3.8) is 0 Å². The zero-order valence-corrected chi connectivity index (χ0v) is 22.8. The fourth-order valence-electron chi connectivity index (χ4n) is 5.26. The summed E-state index contributed by atoms with van der Waals surface area (Å²) < 4.78 is 7.38. The molecule has 1 aliphatic rings. The molecule has 0 aliphatic carbocycles. The Morgan fingerprint density at radius 2 is 1.76 bits per heavy atom. The second kappa shape index (κ2) is 11.0. The molecule has 200 valence electrons. The van der Waals surface area contributed by atoms with Crippen LogP contribution in [0, 0.1) is 13.8 Å². The van der Waals surface area contributed by atoms with Crippen molar-refractivity contribution >= 4 is 22.7 Å². The van der Waals surface area contributed by atoms with Gasteiger partial charge in [0.05, 0.1) is 13.2 Å². The van der Waals surface area contributed by atoms with Crippen LogP contribution in [0.4, 0.5) is 11.5 Å². The highest BCUT2D eigenvalue weighted by atomic mass is 16.5. The summed E-state index contributed by atoms with van der Waals surface area (Å²) in [7, 11) is 1.66. The second-order valence-corrected chi connectivity index (χ2v) is 9.88. The third kappa shape index (κ3) is 4.91. The van der Waals surface area contributed by atoms with Crippen molar-refractivity contribution < 1.29 is 9.84 Å². The van der Waals surface area contributed by atoms with Gasteiger partial charge in [-0.1, -0.05) is 19.1 Å². The first-order valence-electron chi connectivity index (χ1n) is 13.3. The number of hydrogen-bond acceptors (Lipinski definition) is 8. The summed E-state index contributed by atoms with van der Waals surface area (Å²) in [6, 6.07) is 14.4. The lowest BCUT2D eigenvalue weighted by Gasteiger charge is -2.42. The predicted molar refractivity (Wildman–Crippen MR) is 151 cm³/mol. The van der Waals surface area contributed by atoms with Crippen LogP contribution in [0.2, 0.25) is 0 Å². The van der Waals surface area contributed by atoms with Gasteiger partial charge in [-0.05, 0) is 62.2 Å². The molecule has 2 unspecified atom stereocenters. The van der Waals surface area contributed by atoms with Gasteiger partial charge in [-0.3, -0.25) is 9.47 Å². The van der Waals surface area contributed by atoms with E-state index in [1.165, 1.54) is 16.8 Å². The van der Waals surface area contributed by atoms with Crippen LogP contribution in [0.1, 0.15) is 30.8 Å². The van der Waals surface area contributed by atoms with Gasteiger partial charge in [0.1, 0.15) is 24.1 Å². The zero-order chi connectivity index (χ0) is 26.8. The van der Waals surface area contributed by atoms with Gasteiger partial charge in [-0.25, -0.2) is 15.0 Å². The van der Waals surface area contributed by atoms with Crippen LogP contribution in [0.3, 0.4) is 0 Å². The van der Waals surface area contributed by atoms with Gasteiger partial charge >= 0.3 is 0 Å². The number of fused-ring (bicyclic) bond motifs is 1. The number of aryl methyl sites for hydroxylation is 2. The summed E-state index contributed by atoms with van der Waals surface area (Å²) in [6.45, 7) is 11.7. The third-order valence-electron chi connectivity index (χ3n) is 7.53. The van der Waals surface area contributed by atoms with E-state index in [0.29, 0.717) is 11.3 Å². The number of benzene rings is 2. The van der Waals surface area contributed by atoms with Gasteiger partial charge in [-0.2, -0.15) is 0 Å². The van der Waals surface area contributed by atoms with E-state index >= 15 is 0 Å². The number of rotatable bonds is 8. The van der Waals surface area contributed by atoms with Gasteiger partial charge in [0.15, 0.2) is 17.0 Å². The molecule has 0 amide bonds. The normalized spacial score (nSPS) is 16.0. The van der Waals surface area contributed by atoms with Gasteiger partial charge in [0, 0.05) is 44.0 Å². The molecule has 38 heavy (non-hydrogen) atoms. The van der Waals surface area contributed by atoms with Crippen molar-refractivity contribution in [3.8, 4) is 11.4 Å². The van der Waals surface area contributed by atoms with Gasteiger partial charge in [0.25, 0.3) is 0 Å². The first kappa shape index (κ1) is 25.9. The summed E-state index contributed by atoms with van der Waals surface area (Å²) in [5, 5.41) is 14.3. The molecule has 1 aliphatic heterocycles. The lowest BCUT2D eigenvalue weighted by atomic mass is 10.1. The molecule has 2 N–H and O–H groups in total. The van der Waals surface area contributed by atoms with Crippen molar-refractivity contribution in [3.05, 3.63) is 65.7 Å². The van der Waals surface area contributed by atoms with E-state index in [1.807, 2.05) is 31.2 Å². The summed E-state index contributed by atoms with van der Waals surface area (Å²) in [5.41, 5.74) is 6.31. The number of piperazine rings is 1. The Hall–Kier alpha value is -3.69. The van der Waals surface area contributed by atoms with Crippen LogP contribution in [0.25, 0.3) is 16.9 Å². The lowest BCUT2D eigenvalue weighted by molar-refractivity contribution is 0.0720. The maximum atomic E-state index is 10.8. The topological polar surface area (TPSA) is 91.6 Å². The monoisotopic (exact) mass is 515 g/mol. The molecule has 2 aromatic heterocycles. The minimum Gasteiger partial charge on any atom is -0.497 e. The van der Waals surface area contributed by atoms with E-state index in [-0.39, 0.29) is 6.17 Å². The maximum absolute atomic E-state index is 10.8. The molecule has 2 atom stereocenters. The molecule has 4 aromatic rings. The summed E-state index contributed by atoms with van der Waals surface area (Å²) >= 11 is 0. The largest absolute Gasteiger partial charge is 0.497 e. The molecule has 1 saturated heterocycles. The first-order chi connectivity index (χ1) is 18.4. The van der Waals surface area contributed by atoms with Gasteiger partial charge in [-0.15, -0.1) is 0 Å². The Kier molecular flexibility index (Phi) is 7.49. The Balaban J connectivity index is 1.40. The Labute approximate surface area is 224 Å². The fraction of sp³-hybridized carbons (Fsp3) is 0.414. The first-order valence-corrected chi connectivity index (χ1v) is 13.3. The molecule has 2 aromatic carbocycles. The summed E-state index contributed by atoms with van der Waals surface area (Å²) in [4.78, 5) is 18.8. The molecular formula is C29H37N7O2. The number of aromatic nitrogens is 4. The molecular weight excluding hydrogens is 478 g/mol. The highest BCUT2D eigenvalue weighted by Crippen LogP contribution is 2.28. The van der Waals surface area contributed by atoms with Gasteiger partial charge in [0.2, 0.25) is 0 Å². The van der Waals surface area contributed by atoms with E-state index in [4.69, 9.17) is 9.72 Å². The minimum absolute atomic E-state index is 0.301. The number of nitrogens with zero attached hydrogens (tertiary/aromatic N) is 6. The minimum atomic E-state index is -0.610. The van der Waals surface area contributed by atoms with E-state index in [0.717, 1.165) is 55.5 Å². The van der Waals surface area contributed by atoms with Crippen LogP contribution < -0.4 is 15.0 Å². The number of nitrogens with one attached hydrogen (secondary N) is 1. The van der Waals surface area contributed by atoms with E-state index in [9.17, 15) is 5.11 Å². The highest BCUT2D eigenvalue weighted by molar-refractivity contribution is 5.84. The molecule has 0 spiro atoms. The van der Waals surface area contributed by atoms with Gasteiger partial charge < -0.3 is 20.1 Å². The molecule has 0 saturated carbocycles. The van der Waals surface area contributed by atoms with E-state index in [2.05, 4.69) is 68.6 Å². The molecule has 9 nitrogen and oxygen atoms in total. The fourth-order valence-corrected chi connectivity index (χ4v) is 5.26. The Morgan fingerprint density at radius 1 is 1.03 bits per heavy atom. The number of aliphatic hydroxyl groups is 1. The Bertz CT molecular complexity index is 1390. The number of hydrogen-bond donors (Lipinski definition) is 2. The van der Waals surface area contributed by atoms with Crippen molar-refractivity contribution in [2.45, 2.75) is 46.4 Å². The van der Waals surface area contributed by atoms with Crippen LogP contribution in [-0.2, 0) is 6.42 Å². The van der Waals surface area contributed by atoms with Crippen molar-refractivity contribution in [2.75, 3.05) is 43.5 Å². The van der Waals surface area contributed by atoms with E-state index in [1.54, 1.807) is 13.4 Å². The van der Waals surface area contributed by atoms with Crippen LogP contribution in [0.5, 0.6) is 5.75 Å². The number of methoxy groups -OCH3 is 1. The van der Waals surface area contributed by atoms with Crippen LogP contribution >= 0.6 is 0 Å².